The van der Waals surface area contributed by atoms with Gasteiger partial charge < -0.3 is 14.8 Å². The van der Waals surface area contributed by atoms with Crippen LogP contribution in [0.25, 0.3) is 0 Å². The van der Waals surface area contributed by atoms with Gasteiger partial charge in [0.15, 0.2) is 0 Å². The second-order valence-electron chi connectivity index (χ2n) is 4.75. The Labute approximate surface area is 123 Å². The molecule has 0 spiro atoms. The lowest BCUT2D eigenvalue weighted by atomic mass is 10.3. The second kappa shape index (κ2) is 7.24. The van der Waals surface area contributed by atoms with Gasteiger partial charge in [-0.3, -0.25) is 4.90 Å². The molecule has 4 nitrogen and oxygen atoms in total. The Morgan fingerprint density at radius 3 is 2.53 bits per heavy atom. The lowest BCUT2D eigenvalue weighted by molar-refractivity contribution is -0.00461. The van der Waals surface area contributed by atoms with E-state index in [0.717, 1.165) is 36.3 Å². The first-order chi connectivity index (χ1) is 9.22. The van der Waals surface area contributed by atoms with Gasteiger partial charge in [0.1, 0.15) is 0 Å². The number of benzene rings is 1. The molecule has 0 amide bonds. The van der Waals surface area contributed by atoms with Gasteiger partial charge in [0.25, 0.3) is 0 Å². The molecule has 1 N–H and O–H groups in total. The Kier molecular flexibility index (Phi) is 5.63. The zero-order valence-electron chi connectivity index (χ0n) is 11.4. The van der Waals surface area contributed by atoms with Crippen LogP contribution in [0.3, 0.4) is 0 Å². The Balaban J connectivity index is 1.75. The van der Waals surface area contributed by atoms with Gasteiger partial charge in [-0.25, -0.2) is 0 Å². The summed E-state index contributed by atoms with van der Waals surface area (Å²) in [6, 6.07) is 8.22. The van der Waals surface area contributed by atoms with Crippen LogP contribution in [0.4, 0.5) is 5.69 Å². The summed E-state index contributed by atoms with van der Waals surface area (Å²) in [5.41, 5.74) is 1.14. The lowest BCUT2D eigenvalue weighted by Crippen LogP contribution is -2.28. The molecule has 5 heteroatoms. The molecular formula is C14H21BrN2O2. The van der Waals surface area contributed by atoms with Gasteiger partial charge >= 0.3 is 0 Å². The first-order valence-electron chi connectivity index (χ1n) is 6.50. The monoisotopic (exact) mass is 328 g/mol. The third-order valence-corrected chi connectivity index (χ3v) is 3.97. The van der Waals surface area contributed by atoms with Crippen molar-refractivity contribution in [3.8, 4) is 0 Å². The van der Waals surface area contributed by atoms with Crippen LogP contribution in [0.5, 0.6) is 0 Å². The van der Waals surface area contributed by atoms with Gasteiger partial charge in [0.05, 0.1) is 12.2 Å². The van der Waals surface area contributed by atoms with Crippen molar-refractivity contribution in [3.63, 3.8) is 0 Å². The van der Waals surface area contributed by atoms with E-state index >= 15 is 0 Å². The molecule has 106 valence electrons. The highest BCUT2D eigenvalue weighted by Crippen LogP contribution is 2.17. The highest BCUT2D eigenvalue weighted by Gasteiger charge is 2.32. The van der Waals surface area contributed by atoms with E-state index < -0.39 is 0 Å². The first kappa shape index (κ1) is 14.8. The van der Waals surface area contributed by atoms with Crippen LogP contribution in [-0.4, -0.2) is 57.5 Å². The molecule has 1 heterocycles. The average molecular weight is 329 g/mol. The first-order valence-corrected chi connectivity index (χ1v) is 7.29. The maximum Gasteiger partial charge on any atom is 0.0971 e. The lowest BCUT2D eigenvalue weighted by Gasteiger charge is -2.16. The van der Waals surface area contributed by atoms with Crippen LogP contribution < -0.4 is 5.32 Å². The molecule has 1 aromatic carbocycles. The Morgan fingerprint density at radius 1 is 1.26 bits per heavy atom. The normalized spacial score (nSPS) is 23.7. The molecule has 2 atom stereocenters. The van der Waals surface area contributed by atoms with Crippen molar-refractivity contribution in [1.29, 1.82) is 0 Å². The molecule has 0 aliphatic carbocycles. The molecular weight excluding hydrogens is 308 g/mol. The Bertz CT molecular complexity index is 391. The second-order valence-corrected chi connectivity index (χ2v) is 5.66. The summed E-state index contributed by atoms with van der Waals surface area (Å²) in [4.78, 5) is 2.37. The molecule has 0 bridgehead atoms. The molecule has 1 aromatic rings. The maximum absolute atomic E-state index is 5.43. The van der Waals surface area contributed by atoms with E-state index in [2.05, 4.69) is 38.3 Å². The molecule has 1 fully saturated rings. The summed E-state index contributed by atoms with van der Waals surface area (Å²) < 4.78 is 12.0. The van der Waals surface area contributed by atoms with E-state index in [-0.39, 0.29) is 12.2 Å². The SMILES string of the molecule is COC1CN(CCNc2cccc(Br)c2)CC1OC. The number of hydrogen-bond acceptors (Lipinski definition) is 4. The van der Waals surface area contributed by atoms with Gasteiger partial charge in [-0.05, 0) is 18.2 Å². The topological polar surface area (TPSA) is 33.7 Å². The number of rotatable bonds is 6. The fourth-order valence-electron chi connectivity index (χ4n) is 2.41. The highest BCUT2D eigenvalue weighted by atomic mass is 79.9. The number of anilines is 1. The zero-order valence-corrected chi connectivity index (χ0v) is 13.0. The van der Waals surface area contributed by atoms with Crippen LogP contribution in [0.2, 0.25) is 0 Å². The van der Waals surface area contributed by atoms with Crippen molar-refractivity contribution < 1.29 is 9.47 Å². The van der Waals surface area contributed by atoms with Crippen LogP contribution in [0.1, 0.15) is 0 Å². The molecule has 0 aromatic heterocycles. The summed E-state index contributed by atoms with van der Waals surface area (Å²) in [7, 11) is 3.50. The number of methoxy groups -OCH3 is 2. The van der Waals surface area contributed by atoms with E-state index in [0.29, 0.717) is 0 Å². The van der Waals surface area contributed by atoms with Crippen molar-refractivity contribution >= 4 is 21.6 Å². The van der Waals surface area contributed by atoms with Gasteiger partial charge in [0, 0.05) is 50.6 Å². The standard InChI is InChI=1S/C14H21BrN2O2/c1-18-13-9-17(10-14(13)19-2)7-6-16-12-5-3-4-11(15)8-12/h3-5,8,13-14,16H,6-7,9-10H2,1-2H3. The van der Waals surface area contributed by atoms with Crippen LogP contribution in [-0.2, 0) is 9.47 Å². The quantitative estimate of drug-likeness (QED) is 0.868. The third kappa shape index (κ3) is 4.18. The van der Waals surface area contributed by atoms with Crippen molar-refractivity contribution in [2.24, 2.45) is 0 Å². The number of halogens is 1. The zero-order chi connectivity index (χ0) is 13.7. The van der Waals surface area contributed by atoms with E-state index in [1.807, 2.05) is 12.1 Å². The minimum atomic E-state index is 0.191. The minimum absolute atomic E-state index is 0.191. The number of nitrogens with zero attached hydrogens (tertiary/aromatic N) is 1. The van der Waals surface area contributed by atoms with Gasteiger partial charge in [-0.15, -0.1) is 0 Å². The summed E-state index contributed by atoms with van der Waals surface area (Å²) in [5, 5.41) is 3.42. The van der Waals surface area contributed by atoms with E-state index in [9.17, 15) is 0 Å². The smallest absolute Gasteiger partial charge is 0.0971 e. The van der Waals surface area contributed by atoms with Crippen LogP contribution >= 0.6 is 15.9 Å². The number of likely N-dealkylation sites (tertiary alicyclic amines) is 1. The van der Waals surface area contributed by atoms with Crippen LogP contribution in [0.15, 0.2) is 28.7 Å². The van der Waals surface area contributed by atoms with Crippen molar-refractivity contribution in [2.75, 3.05) is 45.7 Å². The predicted molar refractivity (Wildman–Crippen MR) is 80.7 cm³/mol. The summed E-state index contributed by atoms with van der Waals surface area (Å²) in [6.45, 7) is 3.79. The molecule has 0 saturated carbocycles. The van der Waals surface area contributed by atoms with E-state index in [4.69, 9.17) is 9.47 Å². The minimum Gasteiger partial charge on any atom is -0.384 e. The average Bonchev–Trinajstić information content (AvgIpc) is 2.81. The van der Waals surface area contributed by atoms with E-state index in [1.165, 1.54) is 0 Å². The van der Waals surface area contributed by atoms with Gasteiger partial charge in [-0.1, -0.05) is 22.0 Å². The number of hydrogen-bond donors (Lipinski definition) is 1. The summed E-state index contributed by atoms with van der Waals surface area (Å²) in [6.07, 6.45) is 0.381. The molecule has 1 aliphatic heterocycles. The van der Waals surface area contributed by atoms with Gasteiger partial charge in [-0.2, -0.15) is 0 Å². The maximum atomic E-state index is 5.43. The molecule has 19 heavy (non-hydrogen) atoms. The molecule has 1 saturated heterocycles. The Hall–Kier alpha value is -0.620. The highest BCUT2D eigenvalue weighted by molar-refractivity contribution is 9.10. The molecule has 2 unspecified atom stereocenters. The van der Waals surface area contributed by atoms with E-state index in [1.54, 1.807) is 14.2 Å². The fraction of sp³-hybridized carbons (Fsp3) is 0.571. The number of ether oxygens (including phenoxy) is 2. The Morgan fingerprint density at radius 2 is 1.95 bits per heavy atom. The number of nitrogens with one attached hydrogen (secondary N) is 1. The fourth-order valence-corrected chi connectivity index (χ4v) is 2.81. The van der Waals surface area contributed by atoms with Crippen molar-refractivity contribution in [1.82, 2.24) is 4.90 Å². The molecule has 0 radical (unpaired) electrons. The van der Waals surface area contributed by atoms with Gasteiger partial charge in [0.2, 0.25) is 0 Å². The summed E-state index contributed by atoms with van der Waals surface area (Å²) >= 11 is 3.47. The predicted octanol–water partition coefficient (Wildman–Crippen LogP) is 2.21. The third-order valence-electron chi connectivity index (χ3n) is 3.48. The van der Waals surface area contributed by atoms with Crippen molar-refractivity contribution in [2.45, 2.75) is 12.2 Å². The largest absolute Gasteiger partial charge is 0.384 e. The van der Waals surface area contributed by atoms with Crippen molar-refractivity contribution in [3.05, 3.63) is 28.7 Å². The summed E-state index contributed by atoms with van der Waals surface area (Å²) in [5.74, 6) is 0. The molecule has 2 rings (SSSR count). The van der Waals surface area contributed by atoms with Crippen LogP contribution in [0, 0.1) is 0 Å². The molecule has 1 aliphatic rings.